The lowest BCUT2D eigenvalue weighted by atomic mass is 9.94. The van der Waals surface area contributed by atoms with Crippen molar-refractivity contribution < 1.29 is 19.4 Å². The third-order valence-corrected chi connectivity index (χ3v) is 2.92. The molecule has 19 heavy (non-hydrogen) atoms. The third-order valence-electron chi connectivity index (χ3n) is 2.92. The van der Waals surface area contributed by atoms with Crippen LogP contribution in [0.3, 0.4) is 0 Å². The fourth-order valence-corrected chi connectivity index (χ4v) is 2.01. The normalized spacial score (nSPS) is 18.3. The molecule has 1 aliphatic rings. The van der Waals surface area contributed by atoms with Crippen LogP contribution >= 0.6 is 0 Å². The molecule has 1 amide bonds. The Labute approximate surface area is 114 Å². The average molecular weight is 269 g/mol. The highest BCUT2D eigenvalue weighted by molar-refractivity contribution is 5.87. The number of aliphatic hydroxyl groups is 1. The zero-order chi connectivity index (χ0) is 14.6. The number of aliphatic hydroxyl groups excluding tert-OH is 1. The summed E-state index contributed by atoms with van der Waals surface area (Å²) in [4.78, 5) is 24.4. The third kappa shape index (κ3) is 5.32. The molecule has 1 fully saturated rings. The van der Waals surface area contributed by atoms with Crippen LogP contribution in [0.4, 0.5) is 4.79 Å². The summed E-state index contributed by atoms with van der Waals surface area (Å²) < 4.78 is 5.29. The van der Waals surface area contributed by atoms with Gasteiger partial charge in [0.25, 0.3) is 0 Å². The maximum Gasteiger partial charge on any atom is 0.410 e. The molecule has 0 aliphatic carbocycles. The first kappa shape index (κ1) is 15.5. The molecule has 1 aliphatic heterocycles. The molecule has 0 aromatic carbocycles. The van der Waals surface area contributed by atoms with Crippen LogP contribution < -0.4 is 0 Å². The van der Waals surface area contributed by atoms with Gasteiger partial charge in [0.05, 0.1) is 5.76 Å². The second-order valence-electron chi connectivity index (χ2n) is 5.92. The van der Waals surface area contributed by atoms with Gasteiger partial charge in [-0.15, -0.1) is 0 Å². The maximum atomic E-state index is 11.8. The van der Waals surface area contributed by atoms with Crippen molar-refractivity contribution in [2.75, 3.05) is 13.1 Å². The van der Waals surface area contributed by atoms with E-state index in [-0.39, 0.29) is 23.6 Å². The highest BCUT2D eigenvalue weighted by Crippen LogP contribution is 2.24. The van der Waals surface area contributed by atoms with E-state index in [2.05, 4.69) is 0 Å². The van der Waals surface area contributed by atoms with Crippen molar-refractivity contribution in [1.82, 2.24) is 4.90 Å². The number of ketones is 1. The highest BCUT2D eigenvalue weighted by atomic mass is 16.6. The highest BCUT2D eigenvalue weighted by Gasteiger charge is 2.28. The number of carbonyl (C=O) groups excluding carboxylic acids is 2. The van der Waals surface area contributed by atoms with E-state index in [9.17, 15) is 14.7 Å². The minimum Gasteiger partial charge on any atom is -0.512 e. The zero-order valence-corrected chi connectivity index (χ0v) is 12.1. The molecule has 0 bridgehead atoms. The van der Waals surface area contributed by atoms with Gasteiger partial charge >= 0.3 is 6.09 Å². The van der Waals surface area contributed by atoms with Crippen molar-refractivity contribution in [2.45, 2.75) is 46.1 Å². The first-order valence-electron chi connectivity index (χ1n) is 6.58. The minimum absolute atomic E-state index is 0.0393. The SMILES string of the molecule is CC(=O)/C=C(\O)C1CCN(C(=O)OC(C)(C)C)CC1. The van der Waals surface area contributed by atoms with Gasteiger partial charge in [-0.3, -0.25) is 4.79 Å². The number of ether oxygens (including phenoxy) is 1. The molecule has 5 heteroatoms. The predicted molar refractivity (Wildman–Crippen MR) is 71.9 cm³/mol. The molecule has 0 aromatic rings. The van der Waals surface area contributed by atoms with Crippen molar-refractivity contribution in [1.29, 1.82) is 0 Å². The number of hydrogen-bond donors (Lipinski definition) is 1. The van der Waals surface area contributed by atoms with E-state index in [0.717, 1.165) is 0 Å². The van der Waals surface area contributed by atoms with Gasteiger partial charge < -0.3 is 14.7 Å². The first-order chi connectivity index (χ1) is 8.69. The van der Waals surface area contributed by atoms with Gasteiger partial charge in [-0.05, 0) is 40.5 Å². The Bertz CT molecular complexity index is 373. The first-order valence-corrected chi connectivity index (χ1v) is 6.58. The van der Waals surface area contributed by atoms with E-state index < -0.39 is 5.60 Å². The number of amides is 1. The number of hydrogen-bond acceptors (Lipinski definition) is 4. The van der Waals surface area contributed by atoms with Gasteiger partial charge in [-0.1, -0.05) is 0 Å². The molecular formula is C14H23NO4. The Morgan fingerprint density at radius 2 is 1.79 bits per heavy atom. The van der Waals surface area contributed by atoms with Gasteiger partial charge in [-0.25, -0.2) is 4.79 Å². The van der Waals surface area contributed by atoms with E-state index in [1.807, 2.05) is 20.8 Å². The number of allylic oxidation sites excluding steroid dienone is 2. The van der Waals surface area contributed by atoms with Gasteiger partial charge in [0.15, 0.2) is 5.78 Å². The van der Waals surface area contributed by atoms with Gasteiger partial charge in [0.1, 0.15) is 5.60 Å². The Hall–Kier alpha value is -1.52. The predicted octanol–water partition coefficient (Wildman–Crippen LogP) is 2.66. The van der Waals surface area contributed by atoms with Crippen LogP contribution in [0.25, 0.3) is 0 Å². The number of carbonyl (C=O) groups is 2. The summed E-state index contributed by atoms with van der Waals surface area (Å²) in [6.45, 7) is 7.98. The summed E-state index contributed by atoms with van der Waals surface area (Å²) in [5.41, 5.74) is -0.495. The summed E-state index contributed by atoms with van der Waals surface area (Å²) in [6.07, 6.45) is 2.23. The standard InChI is InChI=1S/C14H23NO4/c1-10(16)9-12(17)11-5-7-15(8-6-11)13(18)19-14(2,3)4/h9,11,17H,5-8H2,1-4H3/b12-9-. The molecule has 1 saturated heterocycles. The van der Waals surface area contributed by atoms with Crippen molar-refractivity contribution in [3.8, 4) is 0 Å². The fourth-order valence-electron chi connectivity index (χ4n) is 2.01. The summed E-state index contributed by atoms with van der Waals surface area (Å²) in [7, 11) is 0. The summed E-state index contributed by atoms with van der Waals surface area (Å²) >= 11 is 0. The number of likely N-dealkylation sites (tertiary alicyclic amines) is 1. The van der Waals surface area contributed by atoms with Crippen molar-refractivity contribution in [3.63, 3.8) is 0 Å². The minimum atomic E-state index is -0.495. The van der Waals surface area contributed by atoms with E-state index in [1.54, 1.807) is 4.90 Å². The lowest BCUT2D eigenvalue weighted by molar-refractivity contribution is -0.112. The molecule has 0 spiro atoms. The van der Waals surface area contributed by atoms with Crippen LogP contribution in [-0.2, 0) is 9.53 Å². The van der Waals surface area contributed by atoms with E-state index in [1.165, 1.54) is 13.0 Å². The number of rotatable bonds is 2. The van der Waals surface area contributed by atoms with Crippen LogP contribution in [0, 0.1) is 5.92 Å². The van der Waals surface area contributed by atoms with Crippen LogP contribution in [0.1, 0.15) is 40.5 Å². The van der Waals surface area contributed by atoms with Crippen molar-refractivity contribution >= 4 is 11.9 Å². The van der Waals surface area contributed by atoms with Crippen LogP contribution in [-0.4, -0.2) is 40.6 Å². The summed E-state index contributed by atoms with van der Waals surface area (Å²) in [5.74, 6) is -0.0778. The molecule has 5 nitrogen and oxygen atoms in total. The quantitative estimate of drug-likeness (QED) is 0.618. The van der Waals surface area contributed by atoms with Crippen LogP contribution in [0.2, 0.25) is 0 Å². The topological polar surface area (TPSA) is 66.8 Å². The van der Waals surface area contributed by atoms with E-state index in [4.69, 9.17) is 4.74 Å². The molecule has 1 N–H and O–H groups in total. The second kappa shape index (κ2) is 6.08. The molecule has 1 heterocycles. The molecular weight excluding hydrogens is 246 g/mol. The largest absolute Gasteiger partial charge is 0.512 e. The van der Waals surface area contributed by atoms with Gasteiger partial charge in [-0.2, -0.15) is 0 Å². The summed E-state index contributed by atoms with van der Waals surface area (Å²) in [6, 6.07) is 0. The summed E-state index contributed by atoms with van der Waals surface area (Å²) in [5, 5.41) is 9.76. The molecule has 108 valence electrons. The van der Waals surface area contributed by atoms with Crippen LogP contribution in [0.15, 0.2) is 11.8 Å². The van der Waals surface area contributed by atoms with Crippen molar-refractivity contribution in [2.24, 2.45) is 5.92 Å². The Morgan fingerprint density at radius 3 is 2.21 bits per heavy atom. The van der Waals surface area contributed by atoms with Crippen LogP contribution in [0.5, 0.6) is 0 Å². The molecule has 0 radical (unpaired) electrons. The Morgan fingerprint density at radius 1 is 1.26 bits per heavy atom. The maximum absolute atomic E-state index is 11.8. The van der Waals surface area contributed by atoms with Gasteiger partial charge in [0.2, 0.25) is 0 Å². The second-order valence-corrected chi connectivity index (χ2v) is 5.92. The van der Waals surface area contributed by atoms with E-state index >= 15 is 0 Å². The number of nitrogens with zero attached hydrogens (tertiary/aromatic N) is 1. The lowest BCUT2D eigenvalue weighted by Gasteiger charge is -2.33. The molecule has 0 unspecified atom stereocenters. The molecule has 1 rings (SSSR count). The Kier molecular flexibility index (Phi) is 4.97. The monoisotopic (exact) mass is 269 g/mol. The Balaban J connectivity index is 2.49. The smallest absolute Gasteiger partial charge is 0.410 e. The fraction of sp³-hybridized carbons (Fsp3) is 0.714. The van der Waals surface area contributed by atoms with Crippen molar-refractivity contribution in [3.05, 3.63) is 11.8 Å². The molecule has 0 saturated carbocycles. The number of piperidine rings is 1. The zero-order valence-electron chi connectivity index (χ0n) is 12.1. The molecule has 0 atom stereocenters. The van der Waals surface area contributed by atoms with Gasteiger partial charge in [0, 0.05) is 25.1 Å². The van der Waals surface area contributed by atoms with E-state index in [0.29, 0.717) is 25.9 Å². The molecule has 0 aromatic heterocycles. The lowest BCUT2D eigenvalue weighted by Crippen LogP contribution is -2.42. The average Bonchev–Trinajstić information content (AvgIpc) is 2.26.